The van der Waals surface area contributed by atoms with E-state index in [1.54, 1.807) is 20.8 Å². The summed E-state index contributed by atoms with van der Waals surface area (Å²) in [4.78, 5) is 23.8. The summed E-state index contributed by atoms with van der Waals surface area (Å²) >= 11 is 5.74. The van der Waals surface area contributed by atoms with Gasteiger partial charge in [0, 0.05) is 17.6 Å². The number of sulfonamides is 1. The SMILES string of the molecule is CC(OC(=O)CN(C)S(=O)(=O)c1ccc(Cl)cc1)C(=O)NC(C)(C)C. The van der Waals surface area contributed by atoms with E-state index in [1.165, 1.54) is 38.2 Å². The van der Waals surface area contributed by atoms with Crippen LogP contribution in [0, 0.1) is 0 Å². The summed E-state index contributed by atoms with van der Waals surface area (Å²) < 4.78 is 30.6. The van der Waals surface area contributed by atoms with Crippen LogP contribution < -0.4 is 5.32 Å². The Morgan fingerprint density at radius 1 is 1.24 bits per heavy atom. The van der Waals surface area contributed by atoms with Gasteiger partial charge in [0.05, 0.1) is 4.90 Å². The van der Waals surface area contributed by atoms with Gasteiger partial charge in [-0.2, -0.15) is 4.31 Å². The third-order valence-electron chi connectivity index (χ3n) is 3.05. The number of ether oxygens (including phenoxy) is 1. The number of esters is 1. The van der Waals surface area contributed by atoms with Crippen molar-refractivity contribution in [3.63, 3.8) is 0 Å². The van der Waals surface area contributed by atoms with Gasteiger partial charge in [0.1, 0.15) is 6.54 Å². The molecule has 0 aliphatic carbocycles. The maximum atomic E-state index is 12.4. The number of carbonyl (C=O) groups excluding carboxylic acids is 2. The number of nitrogens with zero attached hydrogens (tertiary/aromatic N) is 1. The van der Waals surface area contributed by atoms with Crippen molar-refractivity contribution in [1.82, 2.24) is 9.62 Å². The molecule has 0 heterocycles. The van der Waals surface area contributed by atoms with Crippen molar-refractivity contribution in [2.75, 3.05) is 13.6 Å². The first-order valence-corrected chi connectivity index (χ1v) is 9.38. The van der Waals surface area contributed by atoms with Crippen molar-refractivity contribution in [1.29, 1.82) is 0 Å². The molecule has 0 saturated heterocycles. The standard InChI is InChI=1S/C16H23ClN2O5S/c1-11(15(21)18-16(2,3)4)24-14(20)10-19(5)25(22,23)13-8-6-12(17)7-9-13/h6-9,11H,10H2,1-5H3,(H,18,21). The van der Waals surface area contributed by atoms with Gasteiger partial charge < -0.3 is 10.1 Å². The molecule has 0 bridgehead atoms. The largest absolute Gasteiger partial charge is 0.452 e. The van der Waals surface area contributed by atoms with E-state index >= 15 is 0 Å². The molecule has 25 heavy (non-hydrogen) atoms. The monoisotopic (exact) mass is 390 g/mol. The second kappa shape index (κ2) is 8.16. The van der Waals surface area contributed by atoms with Crippen molar-refractivity contribution < 1.29 is 22.7 Å². The van der Waals surface area contributed by atoms with Crippen LogP contribution in [0.1, 0.15) is 27.7 Å². The predicted octanol–water partition coefficient (Wildman–Crippen LogP) is 1.81. The van der Waals surface area contributed by atoms with Crippen LogP contribution in [-0.4, -0.2) is 49.8 Å². The summed E-state index contributed by atoms with van der Waals surface area (Å²) in [5, 5.41) is 3.08. The molecule has 0 aromatic heterocycles. The number of hydrogen-bond acceptors (Lipinski definition) is 5. The van der Waals surface area contributed by atoms with Crippen LogP contribution in [0.25, 0.3) is 0 Å². The fourth-order valence-corrected chi connectivity index (χ4v) is 3.05. The summed E-state index contributed by atoms with van der Waals surface area (Å²) in [6.07, 6.45) is -1.03. The highest BCUT2D eigenvalue weighted by molar-refractivity contribution is 7.89. The summed E-state index contributed by atoms with van der Waals surface area (Å²) in [6, 6.07) is 5.58. The minimum Gasteiger partial charge on any atom is -0.452 e. The molecule has 1 rings (SSSR count). The number of amides is 1. The first kappa shape index (κ1) is 21.4. The van der Waals surface area contributed by atoms with Gasteiger partial charge in [0.15, 0.2) is 6.10 Å². The molecular weight excluding hydrogens is 368 g/mol. The van der Waals surface area contributed by atoms with E-state index in [9.17, 15) is 18.0 Å². The molecule has 0 radical (unpaired) electrons. The van der Waals surface area contributed by atoms with Crippen LogP contribution in [0.15, 0.2) is 29.2 Å². The fraction of sp³-hybridized carbons (Fsp3) is 0.500. The smallest absolute Gasteiger partial charge is 0.322 e. The van der Waals surface area contributed by atoms with Crippen molar-refractivity contribution in [2.24, 2.45) is 0 Å². The number of benzene rings is 1. The van der Waals surface area contributed by atoms with Crippen molar-refractivity contribution in [2.45, 2.75) is 44.2 Å². The predicted molar refractivity (Wildman–Crippen MR) is 94.7 cm³/mol. The molecule has 7 nitrogen and oxygen atoms in total. The Morgan fingerprint density at radius 3 is 2.24 bits per heavy atom. The highest BCUT2D eigenvalue weighted by atomic mass is 35.5. The number of halogens is 1. The molecule has 0 aliphatic heterocycles. The van der Waals surface area contributed by atoms with E-state index < -0.39 is 40.1 Å². The quantitative estimate of drug-likeness (QED) is 0.748. The highest BCUT2D eigenvalue weighted by Crippen LogP contribution is 2.17. The molecular formula is C16H23ClN2O5S. The molecule has 1 aromatic rings. The van der Waals surface area contributed by atoms with Crippen molar-refractivity contribution in [3.05, 3.63) is 29.3 Å². The Balaban J connectivity index is 2.70. The van der Waals surface area contributed by atoms with Crippen molar-refractivity contribution in [3.8, 4) is 0 Å². The number of hydrogen-bond donors (Lipinski definition) is 1. The average molecular weight is 391 g/mol. The van der Waals surface area contributed by atoms with Gasteiger partial charge in [-0.3, -0.25) is 9.59 Å². The van der Waals surface area contributed by atoms with E-state index in [1.807, 2.05) is 0 Å². The maximum Gasteiger partial charge on any atom is 0.322 e. The van der Waals surface area contributed by atoms with Crippen LogP contribution in [0.5, 0.6) is 0 Å². The minimum absolute atomic E-state index is 0.00530. The number of carbonyl (C=O) groups is 2. The van der Waals surface area contributed by atoms with Crippen LogP contribution in [-0.2, 0) is 24.3 Å². The van der Waals surface area contributed by atoms with Gasteiger partial charge in [0.2, 0.25) is 10.0 Å². The van der Waals surface area contributed by atoms with Crippen LogP contribution in [0.4, 0.5) is 0 Å². The maximum absolute atomic E-state index is 12.4. The molecule has 0 spiro atoms. The number of nitrogens with one attached hydrogen (secondary N) is 1. The Bertz CT molecular complexity index is 726. The lowest BCUT2D eigenvalue weighted by molar-refractivity contribution is -0.155. The van der Waals surface area contributed by atoms with E-state index in [4.69, 9.17) is 16.3 Å². The molecule has 1 aromatic carbocycles. The van der Waals surface area contributed by atoms with E-state index in [0.29, 0.717) is 5.02 Å². The fourth-order valence-electron chi connectivity index (χ4n) is 1.81. The van der Waals surface area contributed by atoms with Gasteiger partial charge in [-0.25, -0.2) is 8.42 Å². The molecule has 1 amide bonds. The third kappa shape index (κ3) is 6.64. The number of likely N-dealkylation sites (N-methyl/N-ethyl adjacent to an activating group) is 1. The second-order valence-corrected chi connectivity index (χ2v) is 9.07. The first-order valence-electron chi connectivity index (χ1n) is 7.56. The van der Waals surface area contributed by atoms with Crippen molar-refractivity contribution >= 4 is 33.5 Å². The lowest BCUT2D eigenvalue weighted by Gasteiger charge is -2.23. The average Bonchev–Trinajstić information content (AvgIpc) is 2.45. The Kier molecular flexibility index (Phi) is 6.99. The number of rotatable bonds is 6. The molecule has 1 N–H and O–H groups in total. The Morgan fingerprint density at radius 2 is 1.76 bits per heavy atom. The lowest BCUT2D eigenvalue weighted by Crippen LogP contribution is -2.47. The van der Waals surface area contributed by atoms with Gasteiger partial charge in [-0.1, -0.05) is 11.6 Å². The summed E-state index contributed by atoms with van der Waals surface area (Å²) in [6.45, 7) is 6.30. The zero-order valence-electron chi connectivity index (χ0n) is 14.9. The summed E-state index contributed by atoms with van der Waals surface area (Å²) in [5.41, 5.74) is -0.466. The normalized spacial score (nSPS) is 13.4. The van der Waals surface area contributed by atoms with Gasteiger partial charge >= 0.3 is 5.97 Å². The van der Waals surface area contributed by atoms with Crippen LogP contribution in [0.2, 0.25) is 5.02 Å². The Hall–Kier alpha value is -1.64. The zero-order valence-corrected chi connectivity index (χ0v) is 16.4. The summed E-state index contributed by atoms with van der Waals surface area (Å²) in [7, 11) is -2.61. The third-order valence-corrected chi connectivity index (χ3v) is 5.12. The van der Waals surface area contributed by atoms with Gasteiger partial charge in [0.25, 0.3) is 5.91 Å². The topological polar surface area (TPSA) is 92.8 Å². The molecule has 0 saturated carbocycles. The van der Waals surface area contributed by atoms with E-state index in [2.05, 4.69) is 5.32 Å². The molecule has 9 heteroatoms. The summed E-state index contributed by atoms with van der Waals surface area (Å²) in [5.74, 6) is -1.28. The van der Waals surface area contributed by atoms with Gasteiger partial charge in [-0.15, -0.1) is 0 Å². The first-order chi connectivity index (χ1) is 11.3. The molecule has 0 aliphatic rings. The van der Waals surface area contributed by atoms with Gasteiger partial charge in [-0.05, 0) is 52.0 Å². The zero-order chi connectivity index (χ0) is 19.4. The molecule has 0 fully saturated rings. The van der Waals surface area contributed by atoms with E-state index in [0.717, 1.165) is 4.31 Å². The van der Waals surface area contributed by atoms with E-state index in [-0.39, 0.29) is 4.90 Å². The lowest BCUT2D eigenvalue weighted by atomic mass is 10.1. The molecule has 1 unspecified atom stereocenters. The molecule has 1 atom stereocenters. The van der Waals surface area contributed by atoms with Crippen LogP contribution in [0.3, 0.4) is 0 Å². The highest BCUT2D eigenvalue weighted by Gasteiger charge is 2.26. The second-order valence-electron chi connectivity index (χ2n) is 6.59. The van der Waals surface area contributed by atoms with Crippen LogP contribution >= 0.6 is 11.6 Å². The molecule has 140 valence electrons. The Labute approximate surface area is 153 Å². The minimum atomic E-state index is -3.86.